The summed E-state index contributed by atoms with van der Waals surface area (Å²) in [5.74, 6) is 0.0100. The smallest absolute Gasteiger partial charge is 0.254 e. The molecule has 2 heterocycles. The van der Waals surface area contributed by atoms with E-state index < -0.39 is 0 Å². The Morgan fingerprint density at radius 2 is 1.92 bits per heavy atom. The molecule has 1 fully saturated rings. The van der Waals surface area contributed by atoms with Crippen LogP contribution in [0.4, 0.5) is 0 Å². The first-order chi connectivity index (χ1) is 12.6. The summed E-state index contributed by atoms with van der Waals surface area (Å²) in [5.41, 5.74) is 3.57. The molecule has 3 aromatic rings. The molecular formula is C20H17Cl2N3O. The average molecular weight is 386 g/mol. The molecule has 0 bridgehead atoms. The zero-order valence-electron chi connectivity index (χ0n) is 14.0. The van der Waals surface area contributed by atoms with Crippen LogP contribution in [0.15, 0.2) is 54.7 Å². The molecule has 4 nitrogen and oxygen atoms in total. The molecule has 0 spiro atoms. The van der Waals surface area contributed by atoms with Crippen LogP contribution in [-0.4, -0.2) is 27.5 Å². The fourth-order valence-electron chi connectivity index (χ4n) is 3.50. The zero-order chi connectivity index (χ0) is 18.1. The summed E-state index contributed by atoms with van der Waals surface area (Å²) in [4.78, 5) is 14.9. The van der Waals surface area contributed by atoms with E-state index in [1.807, 2.05) is 29.2 Å². The van der Waals surface area contributed by atoms with E-state index >= 15 is 0 Å². The number of carbonyl (C=O) groups excluding carboxylic acids is 1. The Hall–Kier alpha value is -2.30. The number of amides is 1. The number of halogens is 2. The van der Waals surface area contributed by atoms with E-state index in [0.29, 0.717) is 15.6 Å². The lowest BCUT2D eigenvalue weighted by molar-refractivity contribution is 0.0733. The lowest BCUT2D eigenvalue weighted by Crippen LogP contribution is -2.31. The number of aromatic amines is 1. The second-order valence-corrected chi connectivity index (χ2v) is 7.24. The Labute approximate surface area is 161 Å². The van der Waals surface area contributed by atoms with Gasteiger partial charge in [-0.1, -0.05) is 35.3 Å². The molecule has 26 heavy (non-hydrogen) atoms. The highest BCUT2D eigenvalue weighted by molar-refractivity contribution is 6.31. The number of benzene rings is 2. The fraction of sp³-hybridized carbons (Fsp3) is 0.200. The number of hydrogen-bond donors (Lipinski definition) is 1. The summed E-state index contributed by atoms with van der Waals surface area (Å²) in [6, 6.07) is 14.7. The normalized spacial score (nSPS) is 16.8. The predicted molar refractivity (Wildman–Crippen MR) is 103 cm³/mol. The van der Waals surface area contributed by atoms with Crippen LogP contribution in [0.1, 0.15) is 34.9 Å². The van der Waals surface area contributed by atoms with E-state index in [2.05, 4.69) is 10.2 Å². The topological polar surface area (TPSA) is 49.0 Å². The maximum absolute atomic E-state index is 13.0. The van der Waals surface area contributed by atoms with Crippen LogP contribution in [-0.2, 0) is 0 Å². The van der Waals surface area contributed by atoms with Crippen LogP contribution in [0.2, 0.25) is 10.0 Å². The molecule has 132 valence electrons. The van der Waals surface area contributed by atoms with Gasteiger partial charge in [0.1, 0.15) is 0 Å². The minimum atomic E-state index is -0.0327. The van der Waals surface area contributed by atoms with Gasteiger partial charge in [-0.3, -0.25) is 9.89 Å². The number of H-pyrrole nitrogens is 1. The lowest BCUT2D eigenvalue weighted by atomic mass is 10.0. The van der Waals surface area contributed by atoms with Crippen molar-refractivity contribution in [1.82, 2.24) is 15.1 Å². The van der Waals surface area contributed by atoms with Crippen LogP contribution >= 0.6 is 23.2 Å². The molecule has 1 aliphatic rings. The Bertz CT molecular complexity index is 936. The van der Waals surface area contributed by atoms with Gasteiger partial charge in [-0.25, -0.2) is 0 Å². The summed E-state index contributed by atoms with van der Waals surface area (Å²) < 4.78 is 0. The number of carbonyl (C=O) groups is 1. The van der Waals surface area contributed by atoms with E-state index in [4.69, 9.17) is 23.2 Å². The Morgan fingerprint density at radius 3 is 2.69 bits per heavy atom. The third kappa shape index (κ3) is 3.22. The number of rotatable bonds is 3. The van der Waals surface area contributed by atoms with E-state index in [9.17, 15) is 4.79 Å². The minimum Gasteiger partial charge on any atom is -0.330 e. The van der Waals surface area contributed by atoms with E-state index in [-0.39, 0.29) is 11.9 Å². The number of nitrogens with one attached hydrogen (secondary N) is 1. The van der Waals surface area contributed by atoms with Crippen LogP contribution in [0.25, 0.3) is 11.1 Å². The highest BCUT2D eigenvalue weighted by Gasteiger charge is 2.33. The summed E-state index contributed by atoms with van der Waals surface area (Å²) in [6.45, 7) is 0.722. The Kier molecular flexibility index (Phi) is 4.70. The van der Waals surface area contributed by atoms with E-state index in [1.165, 1.54) is 0 Å². The number of likely N-dealkylation sites (tertiary alicyclic amines) is 1. The van der Waals surface area contributed by atoms with E-state index in [1.54, 1.807) is 30.5 Å². The Morgan fingerprint density at radius 1 is 1.12 bits per heavy atom. The number of hydrogen-bond acceptors (Lipinski definition) is 2. The van der Waals surface area contributed by atoms with Gasteiger partial charge in [-0.15, -0.1) is 0 Å². The van der Waals surface area contributed by atoms with Gasteiger partial charge in [0.15, 0.2) is 0 Å². The molecule has 6 heteroatoms. The number of nitrogens with zero attached hydrogens (tertiary/aromatic N) is 2. The van der Waals surface area contributed by atoms with Gasteiger partial charge in [0, 0.05) is 27.7 Å². The van der Waals surface area contributed by atoms with Gasteiger partial charge < -0.3 is 4.90 Å². The molecule has 1 aliphatic heterocycles. The third-order valence-electron chi connectivity index (χ3n) is 4.74. The average Bonchev–Trinajstić information content (AvgIpc) is 3.30. The molecule has 1 saturated heterocycles. The number of aromatic nitrogens is 2. The molecule has 0 unspecified atom stereocenters. The van der Waals surface area contributed by atoms with Crippen molar-refractivity contribution in [3.63, 3.8) is 0 Å². The highest BCUT2D eigenvalue weighted by atomic mass is 35.5. The molecule has 0 radical (unpaired) electrons. The summed E-state index contributed by atoms with van der Waals surface area (Å²) in [7, 11) is 0. The van der Waals surface area contributed by atoms with Crippen molar-refractivity contribution in [1.29, 1.82) is 0 Å². The monoisotopic (exact) mass is 385 g/mol. The first kappa shape index (κ1) is 17.1. The molecule has 2 aromatic carbocycles. The van der Waals surface area contributed by atoms with Crippen molar-refractivity contribution in [3.05, 3.63) is 76.0 Å². The molecule has 1 amide bonds. The van der Waals surface area contributed by atoms with Crippen molar-refractivity contribution in [2.45, 2.75) is 18.9 Å². The molecule has 1 atom stereocenters. The molecular weight excluding hydrogens is 369 g/mol. The molecule has 0 aliphatic carbocycles. The van der Waals surface area contributed by atoms with Crippen LogP contribution in [0.5, 0.6) is 0 Å². The van der Waals surface area contributed by atoms with Crippen molar-refractivity contribution < 1.29 is 4.79 Å². The van der Waals surface area contributed by atoms with Gasteiger partial charge in [0.25, 0.3) is 5.91 Å². The van der Waals surface area contributed by atoms with Gasteiger partial charge in [-0.05, 0) is 54.8 Å². The Balaban J connectivity index is 1.67. The van der Waals surface area contributed by atoms with Gasteiger partial charge in [0.2, 0.25) is 0 Å². The standard InChI is InChI=1S/C20H17Cl2N3O/c21-15-8-6-13(7-9-15)20(26)25-10-2-5-18(25)19-17(12-23-24-19)14-3-1-4-16(22)11-14/h1,3-4,6-9,11-12,18H,2,5,10H2,(H,23,24)/t18-/m1/s1. The second kappa shape index (κ2) is 7.14. The third-order valence-corrected chi connectivity index (χ3v) is 5.23. The van der Waals surface area contributed by atoms with Gasteiger partial charge in [0.05, 0.1) is 17.9 Å². The van der Waals surface area contributed by atoms with Crippen LogP contribution in [0.3, 0.4) is 0 Å². The lowest BCUT2D eigenvalue weighted by Gasteiger charge is -2.25. The first-order valence-corrected chi connectivity index (χ1v) is 9.25. The van der Waals surface area contributed by atoms with Crippen molar-refractivity contribution in [2.24, 2.45) is 0 Å². The van der Waals surface area contributed by atoms with Gasteiger partial charge in [-0.2, -0.15) is 5.10 Å². The fourth-order valence-corrected chi connectivity index (χ4v) is 3.82. The van der Waals surface area contributed by atoms with Crippen molar-refractivity contribution >= 4 is 29.1 Å². The highest BCUT2D eigenvalue weighted by Crippen LogP contribution is 2.37. The molecule has 0 saturated carbocycles. The molecule has 1 N–H and O–H groups in total. The largest absolute Gasteiger partial charge is 0.330 e. The molecule has 1 aromatic heterocycles. The minimum absolute atomic E-state index is 0.0100. The zero-order valence-corrected chi connectivity index (χ0v) is 15.5. The summed E-state index contributed by atoms with van der Waals surface area (Å²) in [5, 5.41) is 8.63. The summed E-state index contributed by atoms with van der Waals surface area (Å²) in [6.07, 6.45) is 3.65. The summed E-state index contributed by atoms with van der Waals surface area (Å²) >= 11 is 12.1. The SMILES string of the molecule is O=C(c1ccc(Cl)cc1)N1CCC[C@@H]1c1[nH]ncc1-c1cccc(Cl)c1. The van der Waals surface area contributed by atoms with Crippen molar-refractivity contribution in [2.75, 3.05) is 6.54 Å². The quantitative estimate of drug-likeness (QED) is 0.659. The molecule has 4 rings (SSSR count). The van der Waals surface area contributed by atoms with E-state index in [0.717, 1.165) is 36.2 Å². The maximum atomic E-state index is 13.0. The maximum Gasteiger partial charge on any atom is 0.254 e. The van der Waals surface area contributed by atoms with Gasteiger partial charge >= 0.3 is 0 Å². The van der Waals surface area contributed by atoms with Crippen LogP contribution in [0, 0.1) is 0 Å². The second-order valence-electron chi connectivity index (χ2n) is 6.37. The predicted octanol–water partition coefficient (Wildman–Crippen LogP) is 5.36. The van der Waals surface area contributed by atoms with Crippen molar-refractivity contribution in [3.8, 4) is 11.1 Å². The first-order valence-electron chi connectivity index (χ1n) is 8.49. The van der Waals surface area contributed by atoms with Crippen LogP contribution < -0.4 is 0 Å².